The van der Waals surface area contributed by atoms with E-state index in [9.17, 15) is 4.79 Å². The van der Waals surface area contributed by atoms with E-state index in [1.54, 1.807) is 4.90 Å². The van der Waals surface area contributed by atoms with Gasteiger partial charge in [-0.3, -0.25) is 4.79 Å². The predicted octanol–water partition coefficient (Wildman–Crippen LogP) is 4.37. The number of carbonyl (C=O) groups is 1. The maximum atomic E-state index is 12.8. The van der Waals surface area contributed by atoms with E-state index >= 15 is 0 Å². The number of nitriles is 1. The Bertz CT molecular complexity index is 669. The van der Waals surface area contributed by atoms with Gasteiger partial charge in [-0.2, -0.15) is 5.26 Å². The van der Waals surface area contributed by atoms with Crippen LogP contribution in [0.5, 0.6) is 0 Å². The summed E-state index contributed by atoms with van der Waals surface area (Å²) in [6.45, 7) is 5.22. The van der Waals surface area contributed by atoms with Crippen LogP contribution < -0.4 is 0 Å². The first-order chi connectivity index (χ1) is 11.1. The van der Waals surface area contributed by atoms with Gasteiger partial charge in [0.15, 0.2) is 0 Å². The number of hydrogen-bond acceptors (Lipinski definition) is 2. The van der Waals surface area contributed by atoms with Crippen LogP contribution in [0.2, 0.25) is 0 Å². The Kier molecular flexibility index (Phi) is 5.94. The average molecular weight is 306 g/mol. The maximum Gasteiger partial charge on any atom is 0.254 e. The van der Waals surface area contributed by atoms with E-state index in [2.05, 4.69) is 19.9 Å². The topological polar surface area (TPSA) is 44.1 Å². The number of nitrogens with zero attached hydrogens (tertiary/aromatic N) is 2. The first-order valence-corrected chi connectivity index (χ1v) is 7.92. The van der Waals surface area contributed by atoms with Gasteiger partial charge in [0.2, 0.25) is 0 Å². The molecule has 2 aromatic carbocycles. The molecule has 0 fully saturated rings. The zero-order chi connectivity index (χ0) is 16.7. The van der Waals surface area contributed by atoms with Gasteiger partial charge < -0.3 is 4.90 Å². The van der Waals surface area contributed by atoms with Crippen molar-refractivity contribution in [2.75, 3.05) is 6.54 Å². The van der Waals surface area contributed by atoms with Crippen LogP contribution in [0, 0.1) is 11.3 Å². The standard InChI is InChI=1S/C20H22N2O/c1-16(2)18-9-11-19(12-10-18)20(23)22(14-6-13-21)15-17-7-4-3-5-8-17/h3-5,7-12,16H,6,14-15H2,1-2H3. The van der Waals surface area contributed by atoms with E-state index in [1.165, 1.54) is 5.56 Å². The summed E-state index contributed by atoms with van der Waals surface area (Å²) in [6.07, 6.45) is 0.336. The van der Waals surface area contributed by atoms with Crippen molar-refractivity contribution in [3.05, 3.63) is 71.3 Å². The summed E-state index contributed by atoms with van der Waals surface area (Å²) in [4.78, 5) is 14.5. The molecule has 0 aliphatic carbocycles. The van der Waals surface area contributed by atoms with E-state index in [4.69, 9.17) is 5.26 Å². The van der Waals surface area contributed by atoms with Crippen LogP contribution in [0.3, 0.4) is 0 Å². The molecular formula is C20H22N2O. The van der Waals surface area contributed by atoms with E-state index in [1.807, 2.05) is 54.6 Å². The van der Waals surface area contributed by atoms with Crippen molar-refractivity contribution in [3.63, 3.8) is 0 Å². The molecule has 3 heteroatoms. The lowest BCUT2D eigenvalue weighted by atomic mass is 10.0. The number of hydrogen-bond donors (Lipinski definition) is 0. The quantitative estimate of drug-likeness (QED) is 0.795. The molecule has 2 aromatic rings. The third-order valence-corrected chi connectivity index (χ3v) is 3.82. The van der Waals surface area contributed by atoms with E-state index in [-0.39, 0.29) is 5.91 Å². The molecule has 0 aliphatic heterocycles. The van der Waals surface area contributed by atoms with Gasteiger partial charge in [-0.05, 0) is 29.2 Å². The van der Waals surface area contributed by atoms with Crippen LogP contribution in [0.1, 0.15) is 47.7 Å². The van der Waals surface area contributed by atoms with E-state index < -0.39 is 0 Å². The molecule has 1 amide bonds. The first kappa shape index (κ1) is 16.8. The summed E-state index contributed by atoms with van der Waals surface area (Å²) >= 11 is 0. The van der Waals surface area contributed by atoms with Crippen molar-refractivity contribution in [1.82, 2.24) is 4.90 Å². The van der Waals surface area contributed by atoms with Gasteiger partial charge in [-0.15, -0.1) is 0 Å². The smallest absolute Gasteiger partial charge is 0.254 e. The zero-order valence-electron chi connectivity index (χ0n) is 13.7. The van der Waals surface area contributed by atoms with Crippen molar-refractivity contribution in [3.8, 4) is 6.07 Å². The highest BCUT2D eigenvalue weighted by molar-refractivity contribution is 5.94. The Hall–Kier alpha value is -2.60. The van der Waals surface area contributed by atoms with Crippen LogP contribution >= 0.6 is 0 Å². The third-order valence-electron chi connectivity index (χ3n) is 3.82. The van der Waals surface area contributed by atoms with Gasteiger partial charge in [0.25, 0.3) is 5.91 Å². The van der Waals surface area contributed by atoms with Crippen LogP contribution in [-0.4, -0.2) is 17.4 Å². The second kappa shape index (κ2) is 8.14. The SMILES string of the molecule is CC(C)c1ccc(C(=O)N(CCC#N)Cc2ccccc2)cc1. The van der Waals surface area contributed by atoms with Crippen LogP contribution in [-0.2, 0) is 6.54 Å². The molecule has 0 heterocycles. The minimum atomic E-state index is -0.0283. The minimum absolute atomic E-state index is 0.0283. The largest absolute Gasteiger partial charge is 0.333 e. The molecule has 0 aliphatic rings. The van der Waals surface area contributed by atoms with Gasteiger partial charge in [-0.1, -0.05) is 56.3 Å². The second-order valence-electron chi connectivity index (χ2n) is 5.90. The van der Waals surface area contributed by atoms with E-state index in [0.29, 0.717) is 31.0 Å². The summed E-state index contributed by atoms with van der Waals surface area (Å²) < 4.78 is 0. The molecule has 0 atom stereocenters. The fraction of sp³-hybridized carbons (Fsp3) is 0.300. The average Bonchev–Trinajstić information content (AvgIpc) is 2.59. The number of rotatable bonds is 6. The highest BCUT2D eigenvalue weighted by Gasteiger charge is 2.16. The molecule has 0 saturated carbocycles. The first-order valence-electron chi connectivity index (χ1n) is 7.92. The molecule has 118 valence electrons. The molecule has 0 bridgehead atoms. The van der Waals surface area contributed by atoms with Gasteiger partial charge in [-0.25, -0.2) is 0 Å². The Balaban J connectivity index is 2.17. The van der Waals surface area contributed by atoms with Crippen LogP contribution in [0.25, 0.3) is 0 Å². The highest BCUT2D eigenvalue weighted by Crippen LogP contribution is 2.17. The molecule has 0 spiro atoms. The number of benzene rings is 2. The molecule has 23 heavy (non-hydrogen) atoms. The third kappa shape index (κ3) is 4.69. The Morgan fingerprint density at radius 3 is 2.30 bits per heavy atom. The minimum Gasteiger partial charge on any atom is -0.333 e. The van der Waals surface area contributed by atoms with Crippen molar-refractivity contribution in [2.45, 2.75) is 32.7 Å². The predicted molar refractivity (Wildman–Crippen MR) is 91.9 cm³/mol. The fourth-order valence-corrected chi connectivity index (χ4v) is 2.43. The second-order valence-corrected chi connectivity index (χ2v) is 5.90. The molecule has 0 aromatic heterocycles. The lowest BCUT2D eigenvalue weighted by Gasteiger charge is -2.22. The molecular weight excluding hydrogens is 284 g/mol. The zero-order valence-corrected chi connectivity index (χ0v) is 13.7. The molecule has 0 unspecified atom stereocenters. The Labute approximate surface area is 138 Å². The normalized spacial score (nSPS) is 10.3. The van der Waals surface area contributed by atoms with Crippen molar-refractivity contribution < 1.29 is 4.79 Å². The van der Waals surface area contributed by atoms with Crippen molar-refractivity contribution in [1.29, 1.82) is 5.26 Å². The Morgan fingerprint density at radius 1 is 1.09 bits per heavy atom. The Morgan fingerprint density at radius 2 is 1.74 bits per heavy atom. The van der Waals surface area contributed by atoms with Crippen LogP contribution in [0.4, 0.5) is 0 Å². The van der Waals surface area contributed by atoms with Crippen molar-refractivity contribution >= 4 is 5.91 Å². The monoisotopic (exact) mass is 306 g/mol. The molecule has 3 nitrogen and oxygen atoms in total. The summed E-state index contributed by atoms with van der Waals surface area (Å²) in [7, 11) is 0. The summed E-state index contributed by atoms with van der Waals surface area (Å²) in [6, 6.07) is 19.7. The molecule has 0 radical (unpaired) electrons. The lowest BCUT2D eigenvalue weighted by molar-refractivity contribution is 0.0747. The van der Waals surface area contributed by atoms with Crippen LogP contribution in [0.15, 0.2) is 54.6 Å². The molecule has 2 rings (SSSR count). The van der Waals surface area contributed by atoms with Gasteiger partial charge in [0.05, 0.1) is 12.5 Å². The van der Waals surface area contributed by atoms with E-state index in [0.717, 1.165) is 5.56 Å². The molecule has 0 saturated heterocycles. The lowest BCUT2D eigenvalue weighted by Crippen LogP contribution is -2.31. The summed E-state index contributed by atoms with van der Waals surface area (Å²) in [5, 5.41) is 8.84. The number of amides is 1. The van der Waals surface area contributed by atoms with Gasteiger partial charge >= 0.3 is 0 Å². The van der Waals surface area contributed by atoms with Crippen molar-refractivity contribution in [2.24, 2.45) is 0 Å². The fourth-order valence-electron chi connectivity index (χ4n) is 2.43. The maximum absolute atomic E-state index is 12.8. The summed E-state index contributed by atoms with van der Waals surface area (Å²) in [5.74, 6) is 0.414. The number of carbonyl (C=O) groups excluding carboxylic acids is 1. The highest BCUT2D eigenvalue weighted by atomic mass is 16.2. The molecule has 0 N–H and O–H groups in total. The van der Waals surface area contributed by atoms with Gasteiger partial charge in [0.1, 0.15) is 0 Å². The van der Waals surface area contributed by atoms with Gasteiger partial charge in [0, 0.05) is 18.7 Å². The summed E-state index contributed by atoms with van der Waals surface area (Å²) in [5.41, 5.74) is 2.95.